The minimum Gasteiger partial charge on any atom is -0.497 e. The van der Waals surface area contributed by atoms with E-state index in [1.54, 1.807) is 19.2 Å². The number of nitrogens with one attached hydrogen (secondary N) is 1. The van der Waals surface area contributed by atoms with Crippen molar-refractivity contribution >= 4 is 21.8 Å². The number of halogens is 1. The molecule has 0 spiro atoms. The van der Waals surface area contributed by atoms with Gasteiger partial charge in [0.25, 0.3) is 5.91 Å². The maximum absolute atomic E-state index is 12.3. The van der Waals surface area contributed by atoms with Gasteiger partial charge in [-0.15, -0.1) is 0 Å². The van der Waals surface area contributed by atoms with E-state index >= 15 is 0 Å². The third-order valence-corrected chi connectivity index (χ3v) is 3.68. The van der Waals surface area contributed by atoms with Crippen LogP contribution in [-0.4, -0.2) is 39.9 Å². The van der Waals surface area contributed by atoms with E-state index in [9.17, 15) is 4.79 Å². The van der Waals surface area contributed by atoms with Crippen molar-refractivity contribution in [1.82, 2.24) is 5.32 Å². The molecule has 0 aliphatic rings. The summed E-state index contributed by atoms with van der Waals surface area (Å²) in [5, 5.41) is 2.87. The van der Waals surface area contributed by atoms with E-state index in [1.807, 2.05) is 0 Å². The molecule has 1 amide bonds. The number of rotatable bonds is 10. The smallest absolute Gasteiger partial charge is 0.255 e. The highest BCUT2D eigenvalue weighted by molar-refractivity contribution is 9.10. The zero-order chi connectivity index (χ0) is 16.4. The molecular formula is C16H24BrNO4. The van der Waals surface area contributed by atoms with E-state index in [4.69, 9.17) is 14.2 Å². The first kappa shape index (κ1) is 18.8. The Kier molecular flexibility index (Phi) is 8.92. The zero-order valence-electron chi connectivity index (χ0n) is 13.4. The molecule has 0 radical (unpaired) electrons. The SMILES string of the molecule is CCCCOCCCNC(=O)c1cc(OC)cc(Br)c1OC. The van der Waals surface area contributed by atoms with Crippen molar-refractivity contribution in [3.05, 3.63) is 22.2 Å². The van der Waals surface area contributed by atoms with Gasteiger partial charge in [0.1, 0.15) is 11.5 Å². The molecule has 0 aliphatic carbocycles. The predicted octanol–water partition coefficient (Wildman–Crippen LogP) is 3.40. The lowest BCUT2D eigenvalue weighted by Gasteiger charge is -2.13. The van der Waals surface area contributed by atoms with Gasteiger partial charge in [-0.1, -0.05) is 13.3 Å². The van der Waals surface area contributed by atoms with Crippen LogP contribution in [0.5, 0.6) is 11.5 Å². The first-order chi connectivity index (χ1) is 10.6. The Bertz CT molecular complexity index is 479. The van der Waals surface area contributed by atoms with Crippen LogP contribution in [0.2, 0.25) is 0 Å². The van der Waals surface area contributed by atoms with Gasteiger partial charge in [0, 0.05) is 19.8 Å². The summed E-state index contributed by atoms with van der Waals surface area (Å²) < 4.78 is 16.6. The topological polar surface area (TPSA) is 56.8 Å². The van der Waals surface area contributed by atoms with Gasteiger partial charge in [-0.25, -0.2) is 0 Å². The standard InChI is InChI=1S/C16H24BrNO4/c1-4-5-8-22-9-6-7-18-16(19)13-10-12(20-2)11-14(17)15(13)21-3/h10-11H,4-9H2,1-3H3,(H,18,19). The molecule has 0 saturated heterocycles. The summed E-state index contributed by atoms with van der Waals surface area (Å²) in [5.41, 5.74) is 0.445. The zero-order valence-corrected chi connectivity index (χ0v) is 15.0. The molecule has 0 fully saturated rings. The quantitative estimate of drug-likeness (QED) is 0.638. The Morgan fingerprint density at radius 1 is 1.18 bits per heavy atom. The summed E-state index contributed by atoms with van der Waals surface area (Å²) in [6.07, 6.45) is 2.98. The summed E-state index contributed by atoms with van der Waals surface area (Å²) in [5.74, 6) is 0.906. The Hall–Kier alpha value is -1.27. The first-order valence-electron chi connectivity index (χ1n) is 7.41. The molecule has 0 aliphatic heterocycles. The summed E-state index contributed by atoms with van der Waals surface area (Å²) in [6, 6.07) is 3.42. The molecule has 1 N–H and O–H groups in total. The number of methoxy groups -OCH3 is 2. The average molecular weight is 374 g/mol. The van der Waals surface area contributed by atoms with E-state index in [-0.39, 0.29) is 5.91 Å². The molecule has 0 unspecified atom stereocenters. The van der Waals surface area contributed by atoms with Crippen molar-refractivity contribution in [3.8, 4) is 11.5 Å². The van der Waals surface area contributed by atoms with Crippen LogP contribution in [0.1, 0.15) is 36.5 Å². The normalized spacial score (nSPS) is 10.4. The summed E-state index contributed by atoms with van der Waals surface area (Å²) >= 11 is 3.38. The summed E-state index contributed by atoms with van der Waals surface area (Å²) in [4.78, 5) is 12.3. The molecule has 1 rings (SSSR count). The number of ether oxygens (including phenoxy) is 3. The molecule has 0 saturated carbocycles. The lowest BCUT2D eigenvalue weighted by Crippen LogP contribution is -2.26. The van der Waals surface area contributed by atoms with Crippen molar-refractivity contribution < 1.29 is 19.0 Å². The van der Waals surface area contributed by atoms with Crippen LogP contribution in [0.25, 0.3) is 0 Å². The fraction of sp³-hybridized carbons (Fsp3) is 0.562. The fourth-order valence-corrected chi connectivity index (χ4v) is 2.48. The number of carbonyl (C=O) groups excluding carboxylic acids is 1. The van der Waals surface area contributed by atoms with Gasteiger partial charge in [0.05, 0.1) is 24.3 Å². The molecule has 1 aromatic carbocycles. The van der Waals surface area contributed by atoms with Crippen LogP contribution in [-0.2, 0) is 4.74 Å². The van der Waals surface area contributed by atoms with E-state index in [0.29, 0.717) is 34.7 Å². The van der Waals surface area contributed by atoms with Crippen molar-refractivity contribution in [3.63, 3.8) is 0 Å². The Balaban J connectivity index is 2.52. The molecule has 0 aromatic heterocycles. The largest absolute Gasteiger partial charge is 0.497 e. The first-order valence-corrected chi connectivity index (χ1v) is 8.20. The van der Waals surface area contributed by atoms with E-state index < -0.39 is 0 Å². The van der Waals surface area contributed by atoms with Gasteiger partial charge >= 0.3 is 0 Å². The second kappa shape index (κ2) is 10.5. The molecule has 0 atom stereocenters. The molecule has 22 heavy (non-hydrogen) atoms. The van der Waals surface area contributed by atoms with Crippen molar-refractivity contribution in [2.45, 2.75) is 26.2 Å². The highest BCUT2D eigenvalue weighted by Gasteiger charge is 2.16. The van der Waals surface area contributed by atoms with E-state index in [2.05, 4.69) is 28.2 Å². The molecule has 6 heteroatoms. The van der Waals surface area contributed by atoms with Crippen molar-refractivity contribution in [2.24, 2.45) is 0 Å². The minimum atomic E-state index is -0.190. The number of amides is 1. The monoisotopic (exact) mass is 373 g/mol. The molecular weight excluding hydrogens is 350 g/mol. The van der Waals surface area contributed by atoms with Gasteiger partial charge in [-0.2, -0.15) is 0 Å². The van der Waals surface area contributed by atoms with E-state index in [0.717, 1.165) is 25.9 Å². The van der Waals surface area contributed by atoms with Crippen LogP contribution in [0, 0.1) is 0 Å². The third-order valence-electron chi connectivity index (χ3n) is 3.09. The van der Waals surface area contributed by atoms with Crippen LogP contribution in [0.4, 0.5) is 0 Å². The van der Waals surface area contributed by atoms with Gasteiger partial charge in [-0.05, 0) is 40.9 Å². The second-order valence-electron chi connectivity index (χ2n) is 4.77. The molecule has 5 nitrogen and oxygen atoms in total. The third kappa shape index (κ3) is 5.85. The Labute approximate surface area is 140 Å². The number of carbonyl (C=O) groups is 1. The molecule has 0 heterocycles. The number of hydrogen-bond acceptors (Lipinski definition) is 4. The minimum absolute atomic E-state index is 0.190. The van der Waals surface area contributed by atoms with Crippen LogP contribution in [0.3, 0.4) is 0 Å². The number of unbranched alkanes of at least 4 members (excludes halogenated alkanes) is 1. The predicted molar refractivity (Wildman–Crippen MR) is 89.9 cm³/mol. The average Bonchev–Trinajstić information content (AvgIpc) is 2.52. The van der Waals surface area contributed by atoms with Crippen molar-refractivity contribution in [2.75, 3.05) is 34.0 Å². The van der Waals surface area contributed by atoms with Gasteiger partial charge in [0.2, 0.25) is 0 Å². The van der Waals surface area contributed by atoms with Gasteiger partial charge in [0.15, 0.2) is 0 Å². The highest BCUT2D eigenvalue weighted by atomic mass is 79.9. The summed E-state index contributed by atoms with van der Waals surface area (Å²) in [7, 11) is 3.09. The van der Waals surface area contributed by atoms with Crippen LogP contribution < -0.4 is 14.8 Å². The van der Waals surface area contributed by atoms with Gasteiger partial charge in [-0.3, -0.25) is 4.79 Å². The fourth-order valence-electron chi connectivity index (χ4n) is 1.88. The molecule has 0 bridgehead atoms. The number of hydrogen-bond donors (Lipinski definition) is 1. The molecule has 124 valence electrons. The Morgan fingerprint density at radius 3 is 2.55 bits per heavy atom. The lowest BCUT2D eigenvalue weighted by atomic mass is 10.1. The van der Waals surface area contributed by atoms with E-state index in [1.165, 1.54) is 7.11 Å². The molecule has 1 aromatic rings. The van der Waals surface area contributed by atoms with Crippen LogP contribution in [0.15, 0.2) is 16.6 Å². The lowest BCUT2D eigenvalue weighted by molar-refractivity contribution is 0.0937. The van der Waals surface area contributed by atoms with Gasteiger partial charge < -0.3 is 19.5 Å². The summed E-state index contributed by atoms with van der Waals surface area (Å²) in [6.45, 7) is 4.12. The number of benzene rings is 1. The second-order valence-corrected chi connectivity index (χ2v) is 5.62. The Morgan fingerprint density at radius 2 is 1.91 bits per heavy atom. The van der Waals surface area contributed by atoms with Crippen LogP contribution >= 0.6 is 15.9 Å². The maximum Gasteiger partial charge on any atom is 0.255 e. The van der Waals surface area contributed by atoms with Crippen molar-refractivity contribution in [1.29, 1.82) is 0 Å². The maximum atomic E-state index is 12.3. The highest BCUT2D eigenvalue weighted by Crippen LogP contribution is 2.33.